The van der Waals surface area contributed by atoms with E-state index in [4.69, 9.17) is 4.74 Å². The van der Waals surface area contributed by atoms with E-state index in [1.165, 1.54) is 0 Å². The van der Waals surface area contributed by atoms with Gasteiger partial charge in [-0.05, 0) is 50.9 Å². The summed E-state index contributed by atoms with van der Waals surface area (Å²) in [7, 11) is 1.65. The monoisotopic (exact) mass is 319 g/mol. The van der Waals surface area contributed by atoms with Crippen LogP contribution < -0.4 is 15.4 Å². The van der Waals surface area contributed by atoms with Crippen LogP contribution in [0, 0.1) is 0 Å². The third-order valence-corrected chi connectivity index (χ3v) is 4.22. The lowest BCUT2D eigenvalue weighted by molar-refractivity contribution is -0.125. The SMILES string of the molecule is CCNC(=O)NC(=O)C(C)N1CCCC1c1cccc(OC)c1. The molecule has 1 heterocycles. The first-order valence-corrected chi connectivity index (χ1v) is 8.05. The van der Waals surface area contributed by atoms with Crippen molar-refractivity contribution < 1.29 is 14.3 Å². The lowest BCUT2D eigenvalue weighted by Crippen LogP contribution is -2.49. The molecule has 6 heteroatoms. The number of ether oxygens (including phenoxy) is 1. The molecule has 0 bridgehead atoms. The van der Waals surface area contributed by atoms with Crippen molar-refractivity contribution in [3.63, 3.8) is 0 Å². The predicted octanol–water partition coefficient (Wildman–Crippen LogP) is 2.07. The molecule has 1 saturated heterocycles. The largest absolute Gasteiger partial charge is 0.497 e. The average Bonchev–Trinajstić information content (AvgIpc) is 3.03. The number of amides is 3. The summed E-state index contributed by atoms with van der Waals surface area (Å²) < 4.78 is 5.29. The molecule has 23 heavy (non-hydrogen) atoms. The quantitative estimate of drug-likeness (QED) is 0.871. The molecule has 0 spiro atoms. The number of benzene rings is 1. The standard InChI is InChI=1S/C17H25N3O3/c1-4-18-17(22)19-16(21)12(2)20-10-6-9-15(20)13-7-5-8-14(11-13)23-3/h5,7-8,11-12,15H,4,6,9-10H2,1-3H3,(H2,18,19,21,22). The molecule has 0 saturated carbocycles. The Morgan fingerprint density at radius 1 is 1.43 bits per heavy atom. The van der Waals surface area contributed by atoms with E-state index >= 15 is 0 Å². The smallest absolute Gasteiger partial charge is 0.321 e. The number of urea groups is 1. The van der Waals surface area contributed by atoms with Crippen LogP contribution in [0.25, 0.3) is 0 Å². The van der Waals surface area contributed by atoms with Gasteiger partial charge in [-0.1, -0.05) is 12.1 Å². The summed E-state index contributed by atoms with van der Waals surface area (Å²) in [5, 5.41) is 4.97. The summed E-state index contributed by atoms with van der Waals surface area (Å²) in [5.41, 5.74) is 1.14. The second-order valence-corrected chi connectivity index (χ2v) is 5.70. The zero-order chi connectivity index (χ0) is 16.8. The van der Waals surface area contributed by atoms with Crippen molar-refractivity contribution in [2.24, 2.45) is 0 Å². The number of likely N-dealkylation sites (tertiary alicyclic amines) is 1. The molecule has 0 aromatic heterocycles. The topological polar surface area (TPSA) is 70.7 Å². The second kappa shape index (κ2) is 7.97. The summed E-state index contributed by atoms with van der Waals surface area (Å²) in [6.07, 6.45) is 2.02. The fourth-order valence-electron chi connectivity index (χ4n) is 3.03. The molecule has 1 aromatic rings. The molecular formula is C17H25N3O3. The third kappa shape index (κ3) is 4.22. The molecule has 0 radical (unpaired) electrons. The zero-order valence-electron chi connectivity index (χ0n) is 14.0. The first kappa shape index (κ1) is 17.3. The highest BCUT2D eigenvalue weighted by molar-refractivity contribution is 5.96. The van der Waals surface area contributed by atoms with Gasteiger partial charge in [0.15, 0.2) is 0 Å². The highest BCUT2D eigenvalue weighted by atomic mass is 16.5. The number of nitrogens with zero attached hydrogens (tertiary/aromatic N) is 1. The fourth-order valence-corrected chi connectivity index (χ4v) is 3.03. The molecule has 6 nitrogen and oxygen atoms in total. The van der Waals surface area contributed by atoms with Gasteiger partial charge in [-0.15, -0.1) is 0 Å². The van der Waals surface area contributed by atoms with Gasteiger partial charge in [-0.2, -0.15) is 0 Å². The molecule has 2 atom stereocenters. The van der Waals surface area contributed by atoms with E-state index < -0.39 is 6.03 Å². The molecule has 3 amide bonds. The number of rotatable bonds is 5. The number of nitrogens with one attached hydrogen (secondary N) is 2. The van der Waals surface area contributed by atoms with Crippen molar-refractivity contribution in [3.8, 4) is 5.75 Å². The summed E-state index contributed by atoms with van der Waals surface area (Å²) in [5.74, 6) is 0.541. The summed E-state index contributed by atoms with van der Waals surface area (Å²) in [4.78, 5) is 25.9. The van der Waals surface area contributed by atoms with Crippen LogP contribution in [0.4, 0.5) is 4.79 Å². The number of hydrogen-bond donors (Lipinski definition) is 2. The Bertz CT molecular complexity index is 562. The van der Waals surface area contributed by atoms with E-state index in [-0.39, 0.29) is 18.0 Å². The molecule has 2 unspecified atom stereocenters. The average molecular weight is 319 g/mol. The molecule has 2 rings (SSSR count). The minimum absolute atomic E-state index is 0.167. The third-order valence-electron chi connectivity index (χ3n) is 4.22. The van der Waals surface area contributed by atoms with Crippen LogP contribution >= 0.6 is 0 Å². The highest BCUT2D eigenvalue weighted by Gasteiger charge is 2.33. The van der Waals surface area contributed by atoms with Gasteiger partial charge in [-0.3, -0.25) is 15.0 Å². The lowest BCUT2D eigenvalue weighted by atomic mass is 10.0. The minimum atomic E-state index is -0.443. The summed E-state index contributed by atoms with van der Waals surface area (Å²) in [6, 6.07) is 7.30. The van der Waals surface area contributed by atoms with Crippen LogP contribution in [0.15, 0.2) is 24.3 Å². The highest BCUT2D eigenvalue weighted by Crippen LogP contribution is 2.34. The van der Waals surface area contributed by atoms with Gasteiger partial charge >= 0.3 is 6.03 Å². The fraction of sp³-hybridized carbons (Fsp3) is 0.529. The molecule has 1 aliphatic rings. The van der Waals surface area contributed by atoms with Crippen LogP contribution in [0.3, 0.4) is 0 Å². The second-order valence-electron chi connectivity index (χ2n) is 5.70. The van der Waals surface area contributed by atoms with Gasteiger partial charge in [0.1, 0.15) is 5.75 Å². The maximum atomic E-state index is 12.3. The lowest BCUT2D eigenvalue weighted by Gasteiger charge is -2.30. The first-order valence-electron chi connectivity index (χ1n) is 8.05. The zero-order valence-corrected chi connectivity index (χ0v) is 14.0. The molecule has 2 N–H and O–H groups in total. The van der Waals surface area contributed by atoms with Crippen molar-refractivity contribution in [2.45, 2.75) is 38.8 Å². The van der Waals surface area contributed by atoms with Crippen LogP contribution in [0.1, 0.15) is 38.3 Å². The van der Waals surface area contributed by atoms with Crippen molar-refractivity contribution in [1.29, 1.82) is 0 Å². The van der Waals surface area contributed by atoms with Gasteiger partial charge < -0.3 is 10.1 Å². The van der Waals surface area contributed by atoms with Gasteiger partial charge in [0.25, 0.3) is 0 Å². The molecule has 0 aliphatic carbocycles. The molecule has 1 fully saturated rings. The molecular weight excluding hydrogens is 294 g/mol. The first-order chi connectivity index (χ1) is 11.1. The normalized spacial score (nSPS) is 19.2. The van der Waals surface area contributed by atoms with Crippen LogP contribution in [0.5, 0.6) is 5.75 Å². The minimum Gasteiger partial charge on any atom is -0.497 e. The van der Waals surface area contributed by atoms with E-state index in [0.717, 1.165) is 30.7 Å². The van der Waals surface area contributed by atoms with Gasteiger partial charge in [0.05, 0.1) is 13.2 Å². The Labute approximate surface area is 137 Å². The maximum Gasteiger partial charge on any atom is 0.321 e. The van der Waals surface area contributed by atoms with Crippen molar-refractivity contribution in [1.82, 2.24) is 15.5 Å². The van der Waals surface area contributed by atoms with Crippen molar-refractivity contribution >= 4 is 11.9 Å². The molecule has 126 valence electrons. The number of hydrogen-bond acceptors (Lipinski definition) is 4. The van der Waals surface area contributed by atoms with Crippen molar-refractivity contribution in [3.05, 3.63) is 29.8 Å². The Hall–Kier alpha value is -2.08. The van der Waals surface area contributed by atoms with Crippen LogP contribution in [-0.2, 0) is 4.79 Å². The summed E-state index contributed by atoms with van der Waals surface area (Å²) in [6.45, 7) is 4.98. The van der Waals surface area contributed by atoms with E-state index in [0.29, 0.717) is 6.54 Å². The maximum absolute atomic E-state index is 12.3. The van der Waals surface area contributed by atoms with Gasteiger partial charge in [0, 0.05) is 12.6 Å². The van der Waals surface area contributed by atoms with E-state index in [9.17, 15) is 9.59 Å². The Morgan fingerprint density at radius 2 is 2.22 bits per heavy atom. The van der Waals surface area contributed by atoms with Crippen LogP contribution in [-0.4, -0.2) is 43.1 Å². The number of carbonyl (C=O) groups is 2. The molecule has 1 aromatic carbocycles. The Kier molecular flexibility index (Phi) is 5.98. The van der Waals surface area contributed by atoms with E-state index in [2.05, 4.69) is 21.6 Å². The number of imide groups is 1. The number of carbonyl (C=O) groups excluding carboxylic acids is 2. The van der Waals surface area contributed by atoms with Crippen LogP contribution in [0.2, 0.25) is 0 Å². The molecule has 1 aliphatic heterocycles. The Morgan fingerprint density at radius 3 is 2.91 bits per heavy atom. The van der Waals surface area contributed by atoms with Gasteiger partial charge in [-0.25, -0.2) is 4.79 Å². The van der Waals surface area contributed by atoms with Crippen molar-refractivity contribution in [2.75, 3.05) is 20.2 Å². The van der Waals surface area contributed by atoms with E-state index in [1.807, 2.05) is 32.0 Å². The Balaban J connectivity index is 2.08. The van der Waals surface area contributed by atoms with E-state index in [1.54, 1.807) is 7.11 Å². The van der Waals surface area contributed by atoms with Gasteiger partial charge in [0.2, 0.25) is 5.91 Å². The predicted molar refractivity (Wildman–Crippen MR) is 88.4 cm³/mol. The number of methoxy groups -OCH3 is 1. The summed E-state index contributed by atoms with van der Waals surface area (Å²) >= 11 is 0.